The third-order valence-corrected chi connectivity index (χ3v) is 5.13. The summed E-state index contributed by atoms with van der Waals surface area (Å²) in [4.78, 5) is 11.0. The Labute approximate surface area is 134 Å². The van der Waals surface area contributed by atoms with E-state index < -0.39 is 5.97 Å². The van der Waals surface area contributed by atoms with Crippen LogP contribution in [0.25, 0.3) is 0 Å². The number of aryl methyl sites for hydroxylation is 2. The van der Waals surface area contributed by atoms with Gasteiger partial charge in [-0.1, -0.05) is 44.0 Å². The normalized spacial score (nSPS) is 21.7. The van der Waals surface area contributed by atoms with E-state index in [0.717, 1.165) is 38.0 Å². The lowest BCUT2D eigenvalue weighted by atomic mass is 9.79. The first-order valence-corrected chi connectivity index (χ1v) is 8.99. The molecule has 1 aliphatic carbocycles. The molecular weight excluding hydrogens is 272 g/mol. The van der Waals surface area contributed by atoms with E-state index in [4.69, 9.17) is 5.11 Å². The molecule has 1 fully saturated rings. The van der Waals surface area contributed by atoms with Crippen molar-refractivity contribution in [3.8, 4) is 0 Å². The number of unbranched alkanes of at least 4 members (excludes halogenated alkanes) is 2. The highest BCUT2D eigenvalue weighted by Crippen LogP contribution is 2.31. The molecule has 1 aliphatic rings. The topological polar surface area (TPSA) is 37.3 Å². The Balaban J connectivity index is 1.70. The van der Waals surface area contributed by atoms with Crippen LogP contribution in [0.5, 0.6) is 0 Å². The molecule has 1 aromatic carbocycles. The first-order chi connectivity index (χ1) is 10.7. The van der Waals surface area contributed by atoms with Gasteiger partial charge in [0, 0.05) is 0 Å². The summed E-state index contributed by atoms with van der Waals surface area (Å²) in [6.45, 7) is 2.24. The highest BCUT2D eigenvalue weighted by molar-refractivity contribution is 5.69. The van der Waals surface area contributed by atoms with Gasteiger partial charge in [-0.05, 0) is 68.4 Å². The quantitative estimate of drug-likeness (QED) is 0.666. The maximum absolute atomic E-state index is 11.0. The largest absolute Gasteiger partial charge is 0.481 e. The second-order valence-electron chi connectivity index (χ2n) is 6.87. The molecule has 1 saturated carbocycles. The number of benzene rings is 1. The lowest BCUT2D eigenvalue weighted by Crippen LogP contribution is -2.21. The Hall–Kier alpha value is -1.31. The van der Waals surface area contributed by atoms with E-state index in [2.05, 4.69) is 31.2 Å². The van der Waals surface area contributed by atoms with Gasteiger partial charge in [-0.15, -0.1) is 0 Å². The maximum atomic E-state index is 11.0. The summed E-state index contributed by atoms with van der Waals surface area (Å²) in [5.74, 6) is 0.0376. The molecule has 0 atom stereocenters. The molecule has 0 saturated heterocycles. The second-order valence-corrected chi connectivity index (χ2v) is 6.87. The molecule has 0 amide bonds. The van der Waals surface area contributed by atoms with E-state index in [0.29, 0.717) is 0 Å². The smallest absolute Gasteiger partial charge is 0.306 e. The fourth-order valence-electron chi connectivity index (χ4n) is 3.52. The molecule has 0 bridgehead atoms. The van der Waals surface area contributed by atoms with Crippen molar-refractivity contribution >= 4 is 5.97 Å². The predicted molar refractivity (Wildman–Crippen MR) is 91.1 cm³/mol. The standard InChI is InChI=1S/C20H30O2/c1-2-3-4-5-16-6-8-17(9-7-16)10-11-18-12-14-19(15-13-18)20(21)22/h6-9,18-19H,2-5,10-15H2,1H3,(H,21,22)/t18-,19-. The van der Waals surface area contributed by atoms with E-state index in [1.165, 1.54) is 43.2 Å². The Morgan fingerprint density at radius 2 is 1.59 bits per heavy atom. The van der Waals surface area contributed by atoms with Crippen molar-refractivity contribution in [2.75, 3.05) is 0 Å². The van der Waals surface area contributed by atoms with E-state index in [1.807, 2.05) is 0 Å². The van der Waals surface area contributed by atoms with Crippen LogP contribution in [-0.2, 0) is 17.6 Å². The van der Waals surface area contributed by atoms with Crippen LogP contribution in [0.1, 0.15) is 69.4 Å². The minimum Gasteiger partial charge on any atom is -0.481 e. The van der Waals surface area contributed by atoms with Crippen molar-refractivity contribution < 1.29 is 9.90 Å². The lowest BCUT2D eigenvalue weighted by Gasteiger charge is -2.26. The molecular formula is C20H30O2. The van der Waals surface area contributed by atoms with Crippen LogP contribution in [0.3, 0.4) is 0 Å². The molecule has 0 radical (unpaired) electrons. The van der Waals surface area contributed by atoms with Gasteiger partial charge in [0.2, 0.25) is 0 Å². The summed E-state index contributed by atoms with van der Waals surface area (Å²) in [6.07, 6.45) is 11.4. The zero-order valence-electron chi connectivity index (χ0n) is 13.9. The summed E-state index contributed by atoms with van der Waals surface area (Å²) in [6, 6.07) is 9.13. The summed E-state index contributed by atoms with van der Waals surface area (Å²) in [7, 11) is 0. The fraction of sp³-hybridized carbons (Fsp3) is 0.650. The van der Waals surface area contributed by atoms with Gasteiger partial charge in [-0.2, -0.15) is 0 Å². The Morgan fingerprint density at radius 3 is 2.14 bits per heavy atom. The molecule has 0 aromatic heterocycles. The number of hydrogen-bond donors (Lipinski definition) is 1. The maximum Gasteiger partial charge on any atom is 0.306 e. The van der Waals surface area contributed by atoms with Crippen molar-refractivity contribution in [1.29, 1.82) is 0 Å². The van der Waals surface area contributed by atoms with Crippen molar-refractivity contribution in [3.63, 3.8) is 0 Å². The molecule has 1 aromatic rings. The SMILES string of the molecule is CCCCCc1ccc(CC[C@H]2CC[C@H](C(=O)O)CC2)cc1. The van der Waals surface area contributed by atoms with Crippen LogP contribution in [0.4, 0.5) is 0 Å². The highest BCUT2D eigenvalue weighted by atomic mass is 16.4. The number of carbonyl (C=O) groups is 1. The molecule has 0 heterocycles. The monoisotopic (exact) mass is 302 g/mol. The predicted octanol–water partition coefficient (Wildman–Crippen LogP) is 5.24. The van der Waals surface area contributed by atoms with Gasteiger partial charge in [-0.25, -0.2) is 0 Å². The van der Waals surface area contributed by atoms with Gasteiger partial charge < -0.3 is 5.11 Å². The van der Waals surface area contributed by atoms with E-state index in [-0.39, 0.29) is 5.92 Å². The molecule has 2 nitrogen and oxygen atoms in total. The van der Waals surface area contributed by atoms with Crippen LogP contribution < -0.4 is 0 Å². The van der Waals surface area contributed by atoms with Crippen molar-refractivity contribution in [2.45, 2.75) is 71.1 Å². The first-order valence-electron chi connectivity index (χ1n) is 8.99. The third-order valence-electron chi connectivity index (χ3n) is 5.13. The Morgan fingerprint density at radius 1 is 1.00 bits per heavy atom. The summed E-state index contributed by atoms with van der Waals surface area (Å²) < 4.78 is 0. The fourth-order valence-corrected chi connectivity index (χ4v) is 3.52. The first kappa shape index (κ1) is 17.1. The van der Waals surface area contributed by atoms with Gasteiger partial charge in [-0.3, -0.25) is 4.79 Å². The van der Waals surface area contributed by atoms with E-state index in [1.54, 1.807) is 0 Å². The summed E-state index contributed by atoms with van der Waals surface area (Å²) >= 11 is 0. The minimum atomic E-state index is -0.600. The van der Waals surface area contributed by atoms with Crippen LogP contribution in [0.15, 0.2) is 24.3 Å². The average molecular weight is 302 g/mol. The molecule has 0 aliphatic heterocycles. The second kappa shape index (κ2) is 8.97. The minimum absolute atomic E-state index is 0.0846. The molecule has 122 valence electrons. The highest BCUT2D eigenvalue weighted by Gasteiger charge is 2.25. The summed E-state index contributed by atoms with van der Waals surface area (Å²) in [5.41, 5.74) is 2.89. The molecule has 2 rings (SSSR count). The van der Waals surface area contributed by atoms with Gasteiger partial charge in [0.1, 0.15) is 0 Å². The Kier molecular flexibility index (Phi) is 6.95. The van der Waals surface area contributed by atoms with Crippen LogP contribution >= 0.6 is 0 Å². The van der Waals surface area contributed by atoms with Gasteiger partial charge in [0.15, 0.2) is 0 Å². The van der Waals surface area contributed by atoms with Gasteiger partial charge in [0.05, 0.1) is 5.92 Å². The molecule has 0 spiro atoms. The van der Waals surface area contributed by atoms with Gasteiger partial charge in [0.25, 0.3) is 0 Å². The average Bonchev–Trinajstić information content (AvgIpc) is 2.55. The lowest BCUT2D eigenvalue weighted by molar-refractivity contribution is -0.143. The van der Waals surface area contributed by atoms with Crippen molar-refractivity contribution in [2.24, 2.45) is 11.8 Å². The zero-order chi connectivity index (χ0) is 15.8. The van der Waals surface area contributed by atoms with E-state index >= 15 is 0 Å². The molecule has 22 heavy (non-hydrogen) atoms. The number of hydrogen-bond acceptors (Lipinski definition) is 1. The van der Waals surface area contributed by atoms with Gasteiger partial charge >= 0.3 is 5.97 Å². The number of carboxylic acid groups (broad SMARTS) is 1. The van der Waals surface area contributed by atoms with Crippen molar-refractivity contribution in [3.05, 3.63) is 35.4 Å². The van der Waals surface area contributed by atoms with Crippen LogP contribution in [-0.4, -0.2) is 11.1 Å². The molecule has 0 unspecified atom stereocenters. The molecule has 1 N–H and O–H groups in total. The number of rotatable bonds is 8. The summed E-state index contributed by atoms with van der Waals surface area (Å²) in [5, 5.41) is 9.04. The van der Waals surface area contributed by atoms with E-state index in [9.17, 15) is 4.79 Å². The number of carboxylic acids is 1. The van der Waals surface area contributed by atoms with Crippen molar-refractivity contribution in [1.82, 2.24) is 0 Å². The zero-order valence-corrected chi connectivity index (χ0v) is 13.9. The number of aliphatic carboxylic acids is 1. The third kappa shape index (κ3) is 5.47. The Bertz CT molecular complexity index is 441. The van der Waals surface area contributed by atoms with Crippen LogP contribution in [0.2, 0.25) is 0 Å². The molecule has 2 heteroatoms. The van der Waals surface area contributed by atoms with Crippen LogP contribution in [0, 0.1) is 11.8 Å².